The third kappa shape index (κ3) is 4.62. The molecule has 1 aliphatic carbocycles. The van der Waals surface area contributed by atoms with Gasteiger partial charge in [-0.3, -0.25) is 0 Å². The molecule has 0 heterocycles. The molecule has 0 atom stereocenters. The Morgan fingerprint density at radius 1 is 1.29 bits per heavy atom. The maximum atomic E-state index is 10.5. The molecule has 3 nitrogen and oxygen atoms in total. The predicted molar refractivity (Wildman–Crippen MR) is 87.6 cm³/mol. The fourth-order valence-corrected chi connectivity index (χ4v) is 3.02. The van der Waals surface area contributed by atoms with Crippen LogP contribution in [0, 0.1) is 5.92 Å². The van der Waals surface area contributed by atoms with E-state index in [0.717, 1.165) is 12.1 Å². The molecule has 0 saturated heterocycles. The molecule has 2 rings (SSSR count). The van der Waals surface area contributed by atoms with E-state index >= 15 is 0 Å². The molecule has 1 aromatic rings. The third-order valence-corrected chi connectivity index (χ3v) is 3.97. The van der Waals surface area contributed by atoms with Gasteiger partial charge in [0.15, 0.2) is 0 Å². The number of rotatable bonds is 6. The Hall–Kier alpha value is -1.77. The van der Waals surface area contributed by atoms with Crippen molar-refractivity contribution in [2.24, 2.45) is 5.92 Å². The van der Waals surface area contributed by atoms with Crippen LogP contribution in [-0.2, 0) is 4.79 Å². The zero-order valence-corrected chi connectivity index (χ0v) is 13.0. The van der Waals surface area contributed by atoms with Crippen molar-refractivity contribution >= 4 is 17.7 Å². The van der Waals surface area contributed by atoms with Gasteiger partial charge in [-0.1, -0.05) is 38.8 Å². The van der Waals surface area contributed by atoms with Crippen molar-refractivity contribution in [3.8, 4) is 0 Å². The topological polar surface area (TPSA) is 40.5 Å². The molecular formula is C18H25NO2. The van der Waals surface area contributed by atoms with Gasteiger partial charge in [-0.2, -0.15) is 0 Å². The summed E-state index contributed by atoms with van der Waals surface area (Å²) in [6.07, 6.45) is 8.05. The van der Waals surface area contributed by atoms with Gasteiger partial charge in [0.05, 0.1) is 0 Å². The molecule has 0 aromatic heterocycles. The Bertz CT molecular complexity index is 484. The van der Waals surface area contributed by atoms with Gasteiger partial charge in [-0.05, 0) is 42.5 Å². The summed E-state index contributed by atoms with van der Waals surface area (Å²) in [5.74, 6) is -0.274. The Kier molecular flexibility index (Phi) is 5.43. The minimum absolute atomic E-state index is 0.636. The van der Waals surface area contributed by atoms with E-state index in [1.165, 1.54) is 37.4 Å². The summed E-state index contributed by atoms with van der Waals surface area (Å²) >= 11 is 0. The lowest BCUT2D eigenvalue weighted by molar-refractivity contribution is -0.131. The van der Waals surface area contributed by atoms with E-state index in [4.69, 9.17) is 5.11 Å². The zero-order valence-electron chi connectivity index (χ0n) is 13.0. The second kappa shape index (κ2) is 7.30. The first-order chi connectivity index (χ1) is 10.1. The fourth-order valence-electron chi connectivity index (χ4n) is 3.02. The van der Waals surface area contributed by atoms with E-state index in [9.17, 15) is 4.79 Å². The minimum Gasteiger partial charge on any atom is -0.478 e. The minimum atomic E-state index is -0.911. The number of hydrogen-bond donors (Lipinski definition) is 1. The molecule has 0 bridgehead atoms. The van der Waals surface area contributed by atoms with Crippen molar-refractivity contribution in [3.05, 3.63) is 35.9 Å². The lowest BCUT2D eigenvalue weighted by Gasteiger charge is -2.33. The third-order valence-electron chi connectivity index (χ3n) is 3.97. The van der Waals surface area contributed by atoms with Crippen LogP contribution >= 0.6 is 0 Å². The Labute approximate surface area is 127 Å². The van der Waals surface area contributed by atoms with Crippen LogP contribution < -0.4 is 4.90 Å². The molecule has 1 aromatic carbocycles. The van der Waals surface area contributed by atoms with E-state index in [1.54, 1.807) is 6.08 Å². The van der Waals surface area contributed by atoms with Gasteiger partial charge in [0.25, 0.3) is 0 Å². The highest BCUT2D eigenvalue weighted by Gasteiger charge is 2.23. The van der Waals surface area contributed by atoms with E-state index in [0.29, 0.717) is 12.0 Å². The summed E-state index contributed by atoms with van der Waals surface area (Å²) in [5.41, 5.74) is 2.18. The number of anilines is 1. The molecule has 0 aliphatic heterocycles. The van der Waals surface area contributed by atoms with E-state index in [-0.39, 0.29) is 0 Å². The zero-order chi connectivity index (χ0) is 15.2. The first-order valence-electron chi connectivity index (χ1n) is 7.84. The monoisotopic (exact) mass is 287 g/mol. The van der Waals surface area contributed by atoms with Crippen LogP contribution in [0.2, 0.25) is 0 Å². The number of carboxylic acid groups (broad SMARTS) is 1. The smallest absolute Gasteiger partial charge is 0.328 e. The molecule has 0 amide bonds. The first kappa shape index (κ1) is 15.6. The van der Waals surface area contributed by atoms with Crippen molar-refractivity contribution in [2.45, 2.75) is 45.6 Å². The second-order valence-electron chi connectivity index (χ2n) is 6.25. The van der Waals surface area contributed by atoms with Gasteiger partial charge in [-0.15, -0.1) is 0 Å². The summed E-state index contributed by atoms with van der Waals surface area (Å²) in [7, 11) is 0. The Morgan fingerprint density at radius 2 is 1.90 bits per heavy atom. The highest BCUT2D eigenvalue weighted by atomic mass is 16.4. The largest absolute Gasteiger partial charge is 0.478 e. The normalized spacial score (nSPS) is 16.0. The number of benzene rings is 1. The van der Waals surface area contributed by atoms with Gasteiger partial charge >= 0.3 is 5.97 Å². The molecule has 0 radical (unpaired) electrons. The van der Waals surface area contributed by atoms with Crippen LogP contribution in [0.4, 0.5) is 5.69 Å². The molecule has 1 N–H and O–H groups in total. The molecule has 0 spiro atoms. The number of hydrogen-bond acceptors (Lipinski definition) is 2. The Balaban J connectivity index is 2.13. The van der Waals surface area contributed by atoms with Crippen molar-refractivity contribution in [2.75, 3.05) is 11.4 Å². The number of aliphatic carboxylic acids is 1. The van der Waals surface area contributed by atoms with Gasteiger partial charge in [0, 0.05) is 24.4 Å². The summed E-state index contributed by atoms with van der Waals surface area (Å²) in [4.78, 5) is 13.1. The molecule has 114 valence electrons. The van der Waals surface area contributed by atoms with Crippen molar-refractivity contribution in [1.29, 1.82) is 0 Å². The summed E-state index contributed by atoms with van der Waals surface area (Å²) in [5, 5.41) is 8.67. The maximum Gasteiger partial charge on any atom is 0.328 e. The highest BCUT2D eigenvalue weighted by molar-refractivity contribution is 5.85. The molecular weight excluding hydrogens is 262 g/mol. The maximum absolute atomic E-state index is 10.5. The molecule has 3 heteroatoms. The fraction of sp³-hybridized carbons (Fsp3) is 0.500. The van der Waals surface area contributed by atoms with Crippen LogP contribution in [0.5, 0.6) is 0 Å². The highest BCUT2D eigenvalue weighted by Crippen LogP contribution is 2.29. The van der Waals surface area contributed by atoms with Gasteiger partial charge in [-0.25, -0.2) is 4.79 Å². The molecule has 0 unspecified atom stereocenters. The van der Waals surface area contributed by atoms with Gasteiger partial charge in [0.1, 0.15) is 0 Å². The van der Waals surface area contributed by atoms with Crippen molar-refractivity contribution in [3.63, 3.8) is 0 Å². The average Bonchev–Trinajstić information content (AvgIpc) is 2.97. The average molecular weight is 287 g/mol. The van der Waals surface area contributed by atoms with Crippen LogP contribution in [0.25, 0.3) is 6.08 Å². The van der Waals surface area contributed by atoms with Gasteiger partial charge < -0.3 is 10.0 Å². The van der Waals surface area contributed by atoms with Crippen LogP contribution in [0.3, 0.4) is 0 Å². The predicted octanol–water partition coefficient (Wildman–Crippen LogP) is 4.19. The van der Waals surface area contributed by atoms with Crippen LogP contribution in [0.15, 0.2) is 30.3 Å². The number of nitrogens with zero attached hydrogens (tertiary/aromatic N) is 1. The lowest BCUT2D eigenvalue weighted by atomic mass is 10.1. The standard InChI is InChI=1S/C18H25NO2/c1-14(2)13-19(16-5-3-4-6-16)17-10-7-15(8-11-17)9-12-18(20)21/h7-12,14,16H,3-6,13H2,1-2H3,(H,20,21)/b12-9+. The van der Waals surface area contributed by atoms with Crippen molar-refractivity contribution in [1.82, 2.24) is 0 Å². The first-order valence-corrected chi connectivity index (χ1v) is 7.84. The van der Waals surface area contributed by atoms with Crippen molar-refractivity contribution < 1.29 is 9.90 Å². The number of carboxylic acids is 1. The Morgan fingerprint density at radius 3 is 2.43 bits per heavy atom. The summed E-state index contributed by atoms with van der Waals surface area (Å²) < 4.78 is 0. The number of carbonyl (C=O) groups is 1. The van der Waals surface area contributed by atoms with Crippen LogP contribution in [-0.4, -0.2) is 23.7 Å². The summed E-state index contributed by atoms with van der Waals surface area (Å²) in [6.45, 7) is 5.59. The SMILES string of the molecule is CC(C)CN(c1ccc(/C=C/C(=O)O)cc1)C1CCCC1. The van der Waals surface area contributed by atoms with Crippen LogP contribution in [0.1, 0.15) is 45.1 Å². The van der Waals surface area contributed by atoms with E-state index in [1.807, 2.05) is 12.1 Å². The van der Waals surface area contributed by atoms with E-state index in [2.05, 4.69) is 30.9 Å². The molecule has 21 heavy (non-hydrogen) atoms. The molecule has 1 saturated carbocycles. The second-order valence-corrected chi connectivity index (χ2v) is 6.25. The molecule has 1 fully saturated rings. The van der Waals surface area contributed by atoms with E-state index < -0.39 is 5.97 Å². The lowest BCUT2D eigenvalue weighted by Crippen LogP contribution is -2.36. The quantitative estimate of drug-likeness (QED) is 0.798. The van der Waals surface area contributed by atoms with Gasteiger partial charge in [0.2, 0.25) is 0 Å². The molecule has 1 aliphatic rings. The summed E-state index contributed by atoms with van der Waals surface area (Å²) in [6, 6.07) is 8.88.